The molecule has 2 aromatic rings. The number of nitro benzene ring substituents is 1. The van der Waals surface area contributed by atoms with Gasteiger partial charge in [0.2, 0.25) is 5.91 Å². The van der Waals surface area contributed by atoms with Gasteiger partial charge in [0.1, 0.15) is 12.4 Å². The number of non-ortho nitro benzene ring substituents is 1. The van der Waals surface area contributed by atoms with E-state index < -0.39 is 10.7 Å². The number of hydrogen-bond acceptors (Lipinski definition) is 4. The lowest BCUT2D eigenvalue weighted by molar-refractivity contribution is -0.384. The van der Waals surface area contributed by atoms with Crippen LogP contribution < -0.4 is 5.32 Å². The van der Waals surface area contributed by atoms with Gasteiger partial charge in [-0.05, 0) is 18.2 Å². The van der Waals surface area contributed by atoms with Crippen molar-refractivity contribution in [3.63, 3.8) is 0 Å². The van der Waals surface area contributed by atoms with Gasteiger partial charge in [0.05, 0.1) is 16.3 Å². The summed E-state index contributed by atoms with van der Waals surface area (Å²) in [5, 5.41) is 13.6. The van der Waals surface area contributed by atoms with Crippen molar-refractivity contribution in [2.75, 3.05) is 11.9 Å². The van der Waals surface area contributed by atoms with Gasteiger partial charge < -0.3 is 5.32 Å². The number of carbonyl (C=O) groups excluding carboxylic acids is 1. The molecule has 0 aromatic heterocycles. The summed E-state index contributed by atoms with van der Waals surface area (Å²) in [4.78, 5) is 26.3. The van der Waals surface area contributed by atoms with Gasteiger partial charge in [-0.2, -0.15) is 0 Å². The Balaban J connectivity index is 2.21. The van der Waals surface area contributed by atoms with Crippen molar-refractivity contribution in [1.29, 1.82) is 0 Å². The second-order valence-corrected chi connectivity index (χ2v) is 4.71. The lowest BCUT2D eigenvalue weighted by Crippen LogP contribution is -2.13. The Morgan fingerprint density at radius 1 is 1.23 bits per heavy atom. The highest BCUT2D eigenvalue weighted by Crippen LogP contribution is 2.27. The summed E-state index contributed by atoms with van der Waals surface area (Å²) in [6.07, 6.45) is 0. The Labute approximate surface area is 124 Å². The van der Waals surface area contributed by atoms with E-state index in [9.17, 15) is 19.3 Å². The maximum absolute atomic E-state index is 13.4. The third kappa shape index (κ3) is 2.56. The van der Waals surface area contributed by atoms with E-state index in [1.165, 1.54) is 36.4 Å². The van der Waals surface area contributed by atoms with Crippen LogP contribution in [0.5, 0.6) is 0 Å². The lowest BCUT2D eigenvalue weighted by Gasteiger charge is -2.09. The molecule has 0 fully saturated rings. The monoisotopic (exact) mass is 299 g/mol. The van der Waals surface area contributed by atoms with E-state index in [4.69, 9.17) is 0 Å². The number of nitro groups is 1. The molecule has 0 saturated carbocycles. The molecule has 6 nitrogen and oxygen atoms in total. The molecule has 0 atom stereocenters. The van der Waals surface area contributed by atoms with Crippen LogP contribution in [0.1, 0.15) is 11.1 Å². The van der Waals surface area contributed by atoms with Gasteiger partial charge in [0.15, 0.2) is 0 Å². The molecule has 0 unspecified atom stereocenters. The minimum Gasteiger partial charge on any atom is -0.324 e. The van der Waals surface area contributed by atoms with Crippen LogP contribution in [0, 0.1) is 15.9 Å². The van der Waals surface area contributed by atoms with Crippen LogP contribution in [-0.2, 0) is 4.79 Å². The number of nitrogens with one attached hydrogen (secondary N) is 1. The van der Waals surface area contributed by atoms with Gasteiger partial charge in [-0.1, -0.05) is 12.1 Å². The van der Waals surface area contributed by atoms with Gasteiger partial charge in [-0.15, -0.1) is 0 Å². The smallest absolute Gasteiger partial charge is 0.270 e. The van der Waals surface area contributed by atoms with Crippen LogP contribution in [0.15, 0.2) is 47.5 Å². The van der Waals surface area contributed by atoms with Crippen LogP contribution in [0.4, 0.5) is 15.8 Å². The molecule has 2 aromatic carbocycles. The fraction of sp³-hybridized carbons (Fsp3) is 0.0667. The molecule has 1 aliphatic rings. The Hall–Kier alpha value is -3.09. The highest BCUT2D eigenvalue weighted by atomic mass is 19.1. The highest BCUT2D eigenvalue weighted by molar-refractivity contribution is 6.19. The van der Waals surface area contributed by atoms with E-state index in [1.807, 2.05) is 0 Å². The third-order valence-electron chi connectivity index (χ3n) is 3.22. The van der Waals surface area contributed by atoms with Gasteiger partial charge in [0, 0.05) is 23.3 Å². The van der Waals surface area contributed by atoms with Crippen LogP contribution in [0.3, 0.4) is 0 Å². The largest absolute Gasteiger partial charge is 0.324 e. The van der Waals surface area contributed by atoms with E-state index in [1.54, 1.807) is 6.07 Å². The Morgan fingerprint density at radius 3 is 2.77 bits per heavy atom. The summed E-state index contributed by atoms with van der Waals surface area (Å²) >= 11 is 0. The summed E-state index contributed by atoms with van der Waals surface area (Å²) in [6, 6.07) is 9.80. The van der Waals surface area contributed by atoms with Crippen LogP contribution >= 0.6 is 0 Å². The summed E-state index contributed by atoms with van der Waals surface area (Å²) in [5.41, 5.74) is 1.48. The summed E-state index contributed by atoms with van der Waals surface area (Å²) < 4.78 is 13.4. The van der Waals surface area contributed by atoms with Crippen molar-refractivity contribution in [3.8, 4) is 0 Å². The van der Waals surface area contributed by atoms with Crippen LogP contribution in [0.25, 0.3) is 0 Å². The Kier molecular flexibility index (Phi) is 3.38. The number of hydrogen-bond donors (Lipinski definition) is 1. The Bertz CT molecular complexity index is 817. The van der Waals surface area contributed by atoms with E-state index in [2.05, 4.69) is 10.3 Å². The van der Waals surface area contributed by atoms with Crippen molar-refractivity contribution in [2.24, 2.45) is 4.99 Å². The average Bonchev–Trinajstić information content (AvgIpc) is 2.64. The number of rotatable bonds is 2. The zero-order valence-corrected chi connectivity index (χ0v) is 11.2. The molecule has 0 bridgehead atoms. The third-order valence-corrected chi connectivity index (χ3v) is 3.22. The van der Waals surface area contributed by atoms with Crippen molar-refractivity contribution >= 4 is 23.0 Å². The predicted octanol–water partition coefficient (Wildman–Crippen LogP) is 2.52. The number of amides is 1. The first-order valence-electron chi connectivity index (χ1n) is 6.43. The predicted molar refractivity (Wildman–Crippen MR) is 78.6 cm³/mol. The number of benzene rings is 2. The number of benzodiazepines with no additional fused rings is 1. The quantitative estimate of drug-likeness (QED) is 0.683. The minimum atomic E-state index is -0.532. The van der Waals surface area contributed by atoms with Gasteiger partial charge in [-0.25, -0.2) is 4.39 Å². The summed E-state index contributed by atoms with van der Waals surface area (Å²) in [7, 11) is 0. The van der Waals surface area contributed by atoms with Crippen molar-refractivity contribution in [3.05, 3.63) is 69.5 Å². The number of nitrogens with zero attached hydrogens (tertiary/aromatic N) is 2. The molecule has 7 heteroatoms. The molecule has 3 rings (SSSR count). The second kappa shape index (κ2) is 5.36. The standard InChI is InChI=1S/C15H10FN3O3/c16-10-3-1-2-9(6-10)15-12-7-11(19(21)22)4-5-13(12)18-14(20)8-17-15/h1-7H,8H2,(H,18,20). The molecule has 0 saturated heterocycles. The van der Waals surface area contributed by atoms with Crippen molar-refractivity contribution in [1.82, 2.24) is 0 Å². The zero-order chi connectivity index (χ0) is 15.7. The maximum Gasteiger partial charge on any atom is 0.270 e. The summed E-state index contributed by atoms with van der Waals surface area (Å²) in [6.45, 7) is -0.131. The molecule has 1 heterocycles. The van der Waals surface area contributed by atoms with Gasteiger partial charge in [0.25, 0.3) is 5.69 Å². The fourth-order valence-electron chi connectivity index (χ4n) is 2.26. The fourth-order valence-corrected chi connectivity index (χ4v) is 2.26. The molecule has 1 N–H and O–H groups in total. The first kappa shape index (κ1) is 13.9. The molecule has 1 amide bonds. The first-order chi connectivity index (χ1) is 10.5. The molecule has 1 aliphatic heterocycles. The summed E-state index contributed by atoms with van der Waals surface area (Å²) in [5.74, 6) is -0.780. The molecular formula is C15H10FN3O3. The topological polar surface area (TPSA) is 84.6 Å². The number of halogens is 1. The molecule has 0 aliphatic carbocycles. The molecule has 0 radical (unpaired) electrons. The van der Waals surface area contributed by atoms with E-state index in [-0.39, 0.29) is 18.1 Å². The molecule has 22 heavy (non-hydrogen) atoms. The number of anilines is 1. The first-order valence-corrected chi connectivity index (χ1v) is 6.43. The van der Waals surface area contributed by atoms with E-state index >= 15 is 0 Å². The van der Waals surface area contributed by atoms with Gasteiger partial charge >= 0.3 is 0 Å². The molecule has 110 valence electrons. The van der Waals surface area contributed by atoms with Crippen molar-refractivity contribution in [2.45, 2.75) is 0 Å². The van der Waals surface area contributed by atoms with Crippen LogP contribution in [0.2, 0.25) is 0 Å². The number of fused-ring (bicyclic) bond motifs is 1. The molecule has 0 spiro atoms. The second-order valence-electron chi connectivity index (χ2n) is 4.71. The average molecular weight is 299 g/mol. The van der Waals surface area contributed by atoms with Gasteiger partial charge in [-0.3, -0.25) is 19.9 Å². The van der Waals surface area contributed by atoms with Crippen LogP contribution in [-0.4, -0.2) is 23.1 Å². The Morgan fingerprint density at radius 2 is 2.05 bits per heavy atom. The normalized spacial score (nSPS) is 13.7. The van der Waals surface area contributed by atoms with E-state index in [0.717, 1.165) is 0 Å². The SMILES string of the molecule is O=C1CN=C(c2cccc(F)c2)c2cc([N+](=O)[O-])ccc2N1. The minimum absolute atomic E-state index is 0.126. The molecular weight excluding hydrogens is 289 g/mol. The lowest BCUT2D eigenvalue weighted by atomic mass is 10.00. The highest BCUT2D eigenvalue weighted by Gasteiger charge is 2.21. The number of carbonyl (C=O) groups is 1. The van der Waals surface area contributed by atoms with E-state index in [0.29, 0.717) is 22.5 Å². The number of aliphatic imine (C=N–C) groups is 1. The zero-order valence-electron chi connectivity index (χ0n) is 11.2. The van der Waals surface area contributed by atoms with Crippen molar-refractivity contribution < 1.29 is 14.1 Å². The maximum atomic E-state index is 13.4.